The number of nitrogens with one attached hydrogen (secondary N) is 1. The molecule has 170 valence electrons. The minimum Gasteiger partial charge on any atom is -0.490 e. The molecule has 0 radical (unpaired) electrons. The Labute approximate surface area is 201 Å². The average molecular weight is 563 g/mol. The Kier molecular flexibility index (Phi) is 8.07. The maximum absolute atomic E-state index is 10.8. The van der Waals surface area contributed by atoms with Crippen LogP contribution in [0.25, 0.3) is 0 Å². The van der Waals surface area contributed by atoms with Crippen molar-refractivity contribution >= 4 is 46.0 Å². The Morgan fingerprint density at radius 3 is 2.36 bits per heavy atom. The smallest absolute Gasteiger partial charge is 0.287 e. The lowest BCUT2D eigenvalue weighted by Crippen LogP contribution is -2.03. The molecule has 0 bridgehead atoms. The Balaban J connectivity index is 1.71. The fourth-order valence-electron chi connectivity index (χ4n) is 2.67. The Bertz CT molecular complexity index is 1170. The lowest BCUT2D eigenvalue weighted by atomic mass is 10.2. The first-order chi connectivity index (χ1) is 15.9. The van der Waals surface area contributed by atoms with Gasteiger partial charge in [-0.05, 0) is 71.0 Å². The first kappa shape index (κ1) is 23.8. The second kappa shape index (κ2) is 11.2. The summed E-state index contributed by atoms with van der Waals surface area (Å²) in [6.45, 7) is 2.50. The number of nitro benzene ring substituents is 1. The summed E-state index contributed by atoms with van der Waals surface area (Å²) in [5.74, 6) is 1.44. The fraction of sp³-hybridized carbons (Fsp3) is 0.143. The molecule has 3 rings (SSSR count). The van der Waals surface area contributed by atoms with E-state index in [0.717, 1.165) is 20.9 Å². The fourth-order valence-corrected chi connectivity index (χ4v) is 3.45. The van der Waals surface area contributed by atoms with E-state index in [2.05, 4.69) is 38.1 Å². The van der Waals surface area contributed by atoms with Crippen molar-refractivity contribution in [3.8, 4) is 11.5 Å². The molecule has 12 heteroatoms. The molecule has 0 unspecified atom stereocenters. The number of nitrogens with zero attached hydrogens (tertiary/aromatic N) is 4. The van der Waals surface area contributed by atoms with Crippen molar-refractivity contribution in [2.45, 2.75) is 13.5 Å². The molecule has 0 atom stereocenters. The van der Waals surface area contributed by atoms with Crippen LogP contribution < -0.4 is 14.9 Å². The number of hydrogen-bond donors (Lipinski definition) is 1. The van der Waals surface area contributed by atoms with Gasteiger partial charge in [0.2, 0.25) is 0 Å². The molecule has 3 aromatic rings. The van der Waals surface area contributed by atoms with Gasteiger partial charge in [0.25, 0.3) is 11.4 Å². The van der Waals surface area contributed by atoms with E-state index in [9.17, 15) is 20.2 Å². The number of nitro groups is 2. The molecule has 11 nitrogen and oxygen atoms in total. The van der Waals surface area contributed by atoms with Crippen LogP contribution in [0, 0.1) is 23.8 Å². The summed E-state index contributed by atoms with van der Waals surface area (Å²) in [5.41, 5.74) is 4.15. The van der Waals surface area contributed by atoms with Crippen LogP contribution in [0.1, 0.15) is 18.1 Å². The van der Waals surface area contributed by atoms with Gasteiger partial charge in [-0.15, -0.1) is 0 Å². The van der Waals surface area contributed by atoms with Crippen molar-refractivity contribution in [1.82, 2.24) is 4.98 Å². The van der Waals surface area contributed by atoms with Crippen LogP contribution in [0.5, 0.6) is 11.5 Å². The number of halogens is 1. The predicted octanol–water partition coefficient (Wildman–Crippen LogP) is 4.93. The molecular weight excluding hydrogens is 545 g/mol. The molecule has 1 N–H and O–H groups in total. The first-order valence-electron chi connectivity index (χ1n) is 9.59. The summed E-state index contributed by atoms with van der Waals surface area (Å²) in [7, 11) is 0. The zero-order chi connectivity index (χ0) is 23.8. The molecule has 0 aliphatic rings. The predicted molar refractivity (Wildman–Crippen MR) is 130 cm³/mol. The topological polar surface area (TPSA) is 142 Å². The number of hydrogen-bond acceptors (Lipinski definition) is 9. The molecular formula is C21H18IN5O6. The second-order valence-corrected chi connectivity index (χ2v) is 7.67. The van der Waals surface area contributed by atoms with Gasteiger partial charge >= 0.3 is 0 Å². The van der Waals surface area contributed by atoms with Gasteiger partial charge in [0.15, 0.2) is 11.5 Å². The van der Waals surface area contributed by atoms with E-state index in [1.54, 1.807) is 24.4 Å². The summed E-state index contributed by atoms with van der Waals surface area (Å²) < 4.78 is 12.4. The molecule has 33 heavy (non-hydrogen) atoms. The van der Waals surface area contributed by atoms with Crippen LogP contribution in [0.2, 0.25) is 0 Å². The van der Waals surface area contributed by atoms with E-state index in [4.69, 9.17) is 9.47 Å². The van der Waals surface area contributed by atoms with Crippen molar-refractivity contribution in [3.05, 3.63) is 89.7 Å². The summed E-state index contributed by atoms with van der Waals surface area (Å²) in [4.78, 5) is 24.4. The Morgan fingerprint density at radius 2 is 1.76 bits per heavy atom. The maximum atomic E-state index is 10.8. The third-order valence-corrected chi connectivity index (χ3v) is 5.01. The normalized spacial score (nSPS) is 10.7. The monoisotopic (exact) mass is 563 g/mol. The van der Waals surface area contributed by atoms with Crippen molar-refractivity contribution in [2.24, 2.45) is 5.10 Å². The van der Waals surface area contributed by atoms with E-state index in [1.807, 2.05) is 13.0 Å². The molecule has 0 spiro atoms. The third-order valence-electron chi connectivity index (χ3n) is 4.21. The molecule has 1 heterocycles. The second-order valence-electron chi connectivity index (χ2n) is 6.50. The minimum absolute atomic E-state index is 0.0181. The van der Waals surface area contributed by atoms with E-state index in [1.165, 1.54) is 24.3 Å². The molecule has 0 amide bonds. The van der Waals surface area contributed by atoms with Gasteiger partial charge < -0.3 is 9.47 Å². The van der Waals surface area contributed by atoms with Gasteiger partial charge in [0, 0.05) is 18.2 Å². The van der Waals surface area contributed by atoms with Crippen LogP contribution in [0.3, 0.4) is 0 Å². The SMILES string of the molecule is CCOc1cc(/C=N/Nc2ccc([N+](=O)[O-])cn2)cc(I)c1OCc1ccc([N+](=O)[O-])cc1. The molecule has 0 saturated heterocycles. The summed E-state index contributed by atoms with van der Waals surface area (Å²) in [6.07, 6.45) is 2.71. The van der Waals surface area contributed by atoms with Gasteiger partial charge in [0.05, 0.1) is 26.2 Å². The lowest BCUT2D eigenvalue weighted by molar-refractivity contribution is -0.385. The Hall–Kier alpha value is -3.81. The number of hydrazone groups is 1. The van der Waals surface area contributed by atoms with Gasteiger partial charge in [0.1, 0.15) is 18.6 Å². The maximum Gasteiger partial charge on any atom is 0.287 e. The van der Waals surface area contributed by atoms with Gasteiger partial charge in [-0.25, -0.2) is 4.98 Å². The van der Waals surface area contributed by atoms with Crippen LogP contribution in [-0.2, 0) is 6.61 Å². The first-order valence-corrected chi connectivity index (χ1v) is 10.7. The zero-order valence-electron chi connectivity index (χ0n) is 17.3. The largest absolute Gasteiger partial charge is 0.490 e. The number of non-ortho nitro benzene ring substituents is 1. The van der Waals surface area contributed by atoms with Crippen LogP contribution in [-0.4, -0.2) is 27.7 Å². The van der Waals surface area contributed by atoms with Crippen molar-refractivity contribution < 1.29 is 19.3 Å². The minimum atomic E-state index is -0.525. The van der Waals surface area contributed by atoms with Crippen molar-refractivity contribution in [2.75, 3.05) is 12.0 Å². The lowest BCUT2D eigenvalue weighted by Gasteiger charge is -2.14. The van der Waals surface area contributed by atoms with Gasteiger partial charge in [-0.3, -0.25) is 25.7 Å². The quantitative estimate of drug-likeness (QED) is 0.159. The number of ether oxygens (including phenoxy) is 2. The number of rotatable bonds is 10. The summed E-state index contributed by atoms with van der Waals surface area (Å²) in [5, 5.41) is 25.6. The number of aromatic nitrogens is 1. The zero-order valence-corrected chi connectivity index (χ0v) is 19.5. The summed E-state index contributed by atoms with van der Waals surface area (Å²) >= 11 is 2.13. The van der Waals surface area contributed by atoms with Crippen LogP contribution >= 0.6 is 22.6 Å². The highest BCUT2D eigenvalue weighted by Crippen LogP contribution is 2.34. The molecule has 0 saturated carbocycles. The van der Waals surface area contributed by atoms with E-state index < -0.39 is 9.85 Å². The highest BCUT2D eigenvalue weighted by molar-refractivity contribution is 14.1. The molecule has 0 aliphatic heterocycles. The van der Waals surface area contributed by atoms with Crippen LogP contribution in [0.15, 0.2) is 59.8 Å². The van der Waals surface area contributed by atoms with Gasteiger partial charge in [-0.2, -0.15) is 5.10 Å². The number of benzene rings is 2. The molecule has 1 aromatic heterocycles. The highest BCUT2D eigenvalue weighted by Gasteiger charge is 2.13. The standard InChI is InChI=1S/C21H18IN5O6/c1-2-32-19-10-15(11-24-25-20-8-7-17(12-23-20)27(30)31)9-18(22)21(19)33-13-14-3-5-16(6-4-14)26(28)29/h3-12H,2,13H2,1H3,(H,23,25)/b24-11+. The third kappa shape index (κ3) is 6.58. The van der Waals surface area contributed by atoms with E-state index in [-0.39, 0.29) is 18.0 Å². The Morgan fingerprint density at radius 1 is 1.06 bits per heavy atom. The number of pyridine rings is 1. The van der Waals surface area contributed by atoms with Gasteiger partial charge in [-0.1, -0.05) is 0 Å². The molecule has 0 aliphatic carbocycles. The number of anilines is 1. The molecule has 0 fully saturated rings. The average Bonchev–Trinajstić information content (AvgIpc) is 2.79. The summed E-state index contributed by atoms with van der Waals surface area (Å²) in [6, 6.07) is 12.6. The van der Waals surface area contributed by atoms with E-state index >= 15 is 0 Å². The van der Waals surface area contributed by atoms with Crippen molar-refractivity contribution in [1.29, 1.82) is 0 Å². The highest BCUT2D eigenvalue weighted by atomic mass is 127. The molecule has 2 aromatic carbocycles. The van der Waals surface area contributed by atoms with Crippen LogP contribution in [0.4, 0.5) is 17.2 Å². The van der Waals surface area contributed by atoms with E-state index in [0.29, 0.717) is 23.9 Å². The van der Waals surface area contributed by atoms with Crippen molar-refractivity contribution in [3.63, 3.8) is 0 Å².